The summed E-state index contributed by atoms with van der Waals surface area (Å²) in [5, 5.41) is 3.92. The summed E-state index contributed by atoms with van der Waals surface area (Å²) in [6.45, 7) is 7.18. The second-order valence-electron chi connectivity index (χ2n) is 11.6. The zero-order valence-electron chi connectivity index (χ0n) is 23.8. The van der Waals surface area contributed by atoms with Gasteiger partial charge in [-0.05, 0) is 48.3 Å². The van der Waals surface area contributed by atoms with Crippen molar-refractivity contribution in [3.63, 3.8) is 0 Å². The van der Waals surface area contributed by atoms with Crippen molar-refractivity contribution >= 4 is 35.2 Å². The molecule has 0 atom stereocenters. The first-order valence-electron chi connectivity index (χ1n) is 14.2. The van der Waals surface area contributed by atoms with Gasteiger partial charge in [0.25, 0.3) is 0 Å². The molecule has 0 saturated heterocycles. The van der Waals surface area contributed by atoms with Gasteiger partial charge in [0.2, 0.25) is 0 Å². The zero-order valence-corrected chi connectivity index (χ0v) is 27.2. The first-order valence-corrected chi connectivity index (χ1v) is 17.7. The molecule has 0 aliphatic heterocycles. The number of hydrogen-bond acceptors (Lipinski definition) is 3. The van der Waals surface area contributed by atoms with E-state index in [0.717, 1.165) is 33.7 Å². The number of benzene rings is 3. The Morgan fingerprint density at radius 1 is 0.780 bits per heavy atom. The monoisotopic (exact) mass is 731 g/mol. The molecule has 0 N–H and O–H groups in total. The van der Waals surface area contributed by atoms with Gasteiger partial charge in [0, 0.05) is 37.9 Å². The quantitative estimate of drug-likeness (QED) is 0.134. The predicted molar refractivity (Wildman–Crippen MR) is 168 cm³/mol. The molecule has 1 aliphatic carbocycles. The van der Waals surface area contributed by atoms with Gasteiger partial charge in [0.1, 0.15) is 5.58 Å². The Labute approximate surface area is 257 Å². The molecule has 3 nitrogen and oxygen atoms in total. The molecule has 0 unspecified atom stereocenters. The second kappa shape index (κ2) is 12.6. The normalized spacial score (nSPS) is 13.5. The first kappa shape index (κ1) is 29.1. The van der Waals surface area contributed by atoms with Gasteiger partial charge in [0.05, 0.1) is 13.7 Å². The van der Waals surface area contributed by atoms with Crippen LogP contribution in [-0.2, 0) is 20.1 Å². The average Bonchev–Trinajstić information content (AvgIpc) is 3.67. The van der Waals surface area contributed by atoms with Gasteiger partial charge in [-0.15, -0.1) is 54.1 Å². The van der Waals surface area contributed by atoms with Gasteiger partial charge in [-0.2, -0.15) is 0 Å². The van der Waals surface area contributed by atoms with Crippen molar-refractivity contribution in [1.82, 2.24) is 9.97 Å². The van der Waals surface area contributed by atoms with Gasteiger partial charge >= 0.3 is 0 Å². The van der Waals surface area contributed by atoms with E-state index in [1.54, 1.807) is 6.20 Å². The molecule has 1 aliphatic rings. The van der Waals surface area contributed by atoms with Crippen molar-refractivity contribution in [2.24, 2.45) is 0 Å². The van der Waals surface area contributed by atoms with Gasteiger partial charge < -0.3 is 14.4 Å². The Balaban J connectivity index is 0.000000218. The Morgan fingerprint density at radius 2 is 1.59 bits per heavy atom. The summed E-state index contributed by atoms with van der Waals surface area (Å²) in [4.78, 5) is 8.91. The Bertz CT molecular complexity index is 1700. The third-order valence-corrected chi connectivity index (χ3v) is 9.81. The molecular formula is C36H34IrN2OSi-2. The van der Waals surface area contributed by atoms with Crippen LogP contribution in [0.4, 0.5) is 0 Å². The maximum absolute atomic E-state index is 6.39. The molecule has 0 spiro atoms. The number of rotatable bonds is 4. The van der Waals surface area contributed by atoms with E-state index in [4.69, 9.17) is 4.42 Å². The van der Waals surface area contributed by atoms with Crippen LogP contribution in [-0.4, -0.2) is 18.0 Å². The Morgan fingerprint density at radius 3 is 2.32 bits per heavy atom. The fourth-order valence-corrected chi connectivity index (χ4v) is 7.38. The number of furan rings is 1. The SMILES string of the molecule is C[Si](C)(C)c1cccc2oc3c(-c4cc(C5CCCC5)ccn4)[c-]ccc3c12.[Ir].[c-]1ccccc1-c1ccccn1. The smallest absolute Gasteiger partial charge is 0.120 e. The van der Waals surface area contributed by atoms with Crippen molar-refractivity contribution in [2.75, 3.05) is 0 Å². The predicted octanol–water partition coefficient (Wildman–Crippen LogP) is 9.20. The van der Waals surface area contributed by atoms with Crippen LogP contribution in [0.3, 0.4) is 0 Å². The average molecular weight is 731 g/mol. The topological polar surface area (TPSA) is 38.9 Å². The molecule has 1 saturated carbocycles. The van der Waals surface area contributed by atoms with E-state index in [1.807, 2.05) is 54.7 Å². The second-order valence-corrected chi connectivity index (χ2v) is 16.6. The van der Waals surface area contributed by atoms with Crippen molar-refractivity contribution in [3.8, 4) is 22.5 Å². The fourth-order valence-electron chi connectivity index (χ4n) is 5.78. The number of fused-ring (bicyclic) bond motifs is 3. The molecule has 6 aromatic rings. The molecule has 41 heavy (non-hydrogen) atoms. The minimum Gasteiger partial charge on any atom is -0.501 e. The van der Waals surface area contributed by atoms with Gasteiger partial charge in [0.15, 0.2) is 0 Å². The van der Waals surface area contributed by atoms with Gasteiger partial charge in [-0.1, -0.05) is 84.5 Å². The fraction of sp³-hybridized carbons (Fsp3) is 0.222. The summed E-state index contributed by atoms with van der Waals surface area (Å²) in [5.74, 6) is 0.676. The molecule has 3 aromatic carbocycles. The molecule has 7 rings (SSSR count). The minimum atomic E-state index is -1.49. The van der Waals surface area contributed by atoms with E-state index in [0.29, 0.717) is 5.92 Å². The number of hydrogen-bond donors (Lipinski definition) is 0. The summed E-state index contributed by atoms with van der Waals surface area (Å²) in [6.07, 6.45) is 9.01. The molecule has 209 valence electrons. The number of pyridine rings is 2. The summed E-state index contributed by atoms with van der Waals surface area (Å²) < 4.78 is 6.39. The molecule has 1 fully saturated rings. The largest absolute Gasteiger partial charge is 0.501 e. The standard InChI is InChI=1S/C25H26NOSi.C11H8N.Ir/c1-28(2,3)23-13-7-12-22-24(23)20-11-6-10-19(25(20)27-22)21-16-18(14-15-26-21)17-8-4-5-9-17;1-2-6-10(7-3-1)11-8-4-5-9-12-11;/h6-7,11-17H,4-5,8-9H2,1-3H3;1-6,8-9H;/q2*-1;. The van der Waals surface area contributed by atoms with E-state index in [2.05, 4.69) is 78.1 Å². The van der Waals surface area contributed by atoms with Crippen LogP contribution in [0.2, 0.25) is 19.6 Å². The molecule has 0 bridgehead atoms. The van der Waals surface area contributed by atoms with Crippen LogP contribution >= 0.6 is 0 Å². The minimum absolute atomic E-state index is 0. The molecule has 1 radical (unpaired) electrons. The van der Waals surface area contributed by atoms with Crippen LogP contribution in [0.1, 0.15) is 37.2 Å². The van der Waals surface area contributed by atoms with Gasteiger partial charge in [-0.25, -0.2) is 0 Å². The summed E-state index contributed by atoms with van der Waals surface area (Å²) in [6, 6.07) is 35.3. The van der Waals surface area contributed by atoms with Crippen molar-refractivity contribution in [3.05, 3.63) is 115 Å². The van der Waals surface area contributed by atoms with Crippen LogP contribution < -0.4 is 5.19 Å². The Kier molecular flexibility index (Phi) is 8.99. The van der Waals surface area contributed by atoms with Crippen molar-refractivity contribution < 1.29 is 24.5 Å². The summed E-state index contributed by atoms with van der Waals surface area (Å²) >= 11 is 0. The van der Waals surface area contributed by atoms with Gasteiger partial charge in [-0.3, -0.25) is 0 Å². The molecular weight excluding hydrogens is 697 g/mol. The molecule has 3 aromatic heterocycles. The van der Waals surface area contributed by atoms with Crippen LogP contribution in [0.15, 0.2) is 102 Å². The molecule has 0 amide bonds. The van der Waals surface area contributed by atoms with E-state index >= 15 is 0 Å². The van der Waals surface area contributed by atoms with Crippen LogP contribution in [0.25, 0.3) is 44.5 Å². The maximum atomic E-state index is 6.39. The van der Waals surface area contributed by atoms with E-state index in [9.17, 15) is 0 Å². The van der Waals surface area contributed by atoms with Crippen LogP contribution in [0, 0.1) is 12.1 Å². The number of nitrogens with zero attached hydrogens (tertiary/aromatic N) is 2. The first-order chi connectivity index (χ1) is 19.5. The zero-order chi connectivity index (χ0) is 27.5. The number of aromatic nitrogens is 2. The van der Waals surface area contributed by atoms with Crippen molar-refractivity contribution in [1.29, 1.82) is 0 Å². The van der Waals surface area contributed by atoms with E-state index in [1.165, 1.54) is 47.2 Å². The Hall–Kier alpha value is -3.37. The molecule has 3 heterocycles. The molecule has 5 heteroatoms. The van der Waals surface area contributed by atoms with Crippen molar-refractivity contribution in [2.45, 2.75) is 51.2 Å². The van der Waals surface area contributed by atoms with E-state index < -0.39 is 8.07 Å². The third kappa shape index (κ3) is 6.28. The van der Waals surface area contributed by atoms with E-state index in [-0.39, 0.29) is 20.1 Å². The third-order valence-electron chi connectivity index (χ3n) is 7.78. The maximum Gasteiger partial charge on any atom is 0.120 e. The summed E-state index contributed by atoms with van der Waals surface area (Å²) in [5.41, 5.74) is 7.27. The summed E-state index contributed by atoms with van der Waals surface area (Å²) in [7, 11) is -1.49. The van der Waals surface area contributed by atoms with Crippen LogP contribution in [0.5, 0.6) is 0 Å².